The number of nitrogens with one attached hydrogen (secondary N) is 1. The number of non-ortho nitro benzene ring substituents is 1. The first-order valence-electron chi connectivity index (χ1n) is 6.79. The number of benzene rings is 1. The van der Waals surface area contributed by atoms with Crippen molar-refractivity contribution in [3.8, 4) is 11.5 Å². The van der Waals surface area contributed by atoms with E-state index < -0.39 is 10.5 Å². The van der Waals surface area contributed by atoms with Crippen molar-refractivity contribution in [1.29, 1.82) is 0 Å². The molecule has 0 fully saturated rings. The SMILES string of the molecule is CC=C(CC)Oc1c(OC=O)c(=O)[nH]c2cc([N+](=O)[O-])ccc12. The van der Waals surface area contributed by atoms with Gasteiger partial charge in [0.2, 0.25) is 5.75 Å². The fourth-order valence-corrected chi connectivity index (χ4v) is 2.07. The molecule has 2 rings (SSSR count). The van der Waals surface area contributed by atoms with E-state index in [0.717, 1.165) is 0 Å². The molecule has 1 aromatic carbocycles. The Balaban J connectivity index is 2.76. The van der Waals surface area contributed by atoms with Crippen LogP contribution < -0.4 is 15.0 Å². The second-order valence-corrected chi connectivity index (χ2v) is 4.52. The van der Waals surface area contributed by atoms with Crippen molar-refractivity contribution in [1.82, 2.24) is 4.98 Å². The Labute approximate surface area is 130 Å². The number of nitrogens with zero attached hydrogens (tertiary/aromatic N) is 1. The molecule has 0 atom stereocenters. The molecule has 0 aliphatic heterocycles. The van der Waals surface area contributed by atoms with Crippen molar-refractivity contribution >= 4 is 23.1 Å². The van der Waals surface area contributed by atoms with Crippen LogP contribution in [0.2, 0.25) is 0 Å². The number of ether oxygens (including phenoxy) is 2. The van der Waals surface area contributed by atoms with Crippen LogP contribution in [0.25, 0.3) is 10.9 Å². The summed E-state index contributed by atoms with van der Waals surface area (Å²) in [6.45, 7) is 3.74. The van der Waals surface area contributed by atoms with Gasteiger partial charge in [0.1, 0.15) is 0 Å². The van der Waals surface area contributed by atoms with Gasteiger partial charge in [-0.1, -0.05) is 6.92 Å². The molecular weight excluding hydrogens is 304 g/mol. The van der Waals surface area contributed by atoms with Gasteiger partial charge in [0, 0.05) is 23.9 Å². The fraction of sp³-hybridized carbons (Fsp3) is 0.200. The molecule has 8 nitrogen and oxygen atoms in total. The highest BCUT2D eigenvalue weighted by Crippen LogP contribution is 2.34. The van der Waals surface area contributed by atoms with Crippen molar-refractivity contribution in [3.05, 3.63) is 50.5 Å². The minimum absolute atomic E-state index is 0.0423. The number of nitro groups is 1. The van der Waals surface area contributed by atoms with Crippen LogP contribution in [0.1, 0.15) is 20.3 Å². The van der Waals surface area contributed by atoms with Gasteiger partial charge in [-0.15, -0.1) is 0 Å². The number of carbonyl (C=O) groups excluding carboxylic acids is 1. The van der Waals surface area contributed by atoms with E-state index in [2.05, 4.69) is 4.98 Å². The quantitative estimate of drug-likeness (QED) is 0.379. The van der Waals surface area contributed by atoms with E-state index in [1.165, 1.54) is 18.2 Å². The number of rotatable bonds is 6. The van der Waals surface area contributed by atoms with Gasteiger partial charge < -0.3 is 14.5 Å². The Morgan fingerprint density at radius 2 is 2.13 bits per heavy atom. The number of H-pyrrole nitrogens is 1. The van der Waals surface area contributed by atoms with E-state index in [4.69, 9.17) is 9.47 Å². The first kappa shape index (κ1) is 16.2. The Morgan fingerprint density at radius 1 is 1.39 bits per heavy atom. The predicted molar refractivity (Wildman–Crippen MR) is 82.6 cm³/mol. The lowest BCUT2D eigenvalue weighted by molar-refractivity contribution is -0.384. The van der Waals surface area contributed by atoms with E-state index >= 15 is 0 Å². The highest BCUT2D eigenvalue weighted by Gasteiger charge is 2.19. The monoisotopic (exact) mass is 318 g/mol. The lowest BCUT2D eigenvalue weighted by atomic mass is 10.1. The lowest BCUT2D eigenvalue weighted by Crippen LogP contribution is -2.13. The van der Waals surface area contributed by atoms with E-state index in [0.29, 0.717) is 17.6 Å². The van der Waals surface area contributed by atoms with E-state index in [1.807, 2.05) is 6.92 Å². The number of hydrogen-bond acceptors (Lipinski definition) is 6. The zero-order valence-electron chi connectivity index (χ0n) is 12.5. The molecule has 0 radical (unpaired) electrons. The summed E-state index contributed by atoms with van der Waals surface area (Å²) in [6.07, 6.45) is 2.27. The molecule has 23 heavy (non-hydrogen) atoms. The summed E-state index contributed by atoms with van der Waals surface area (Å²) in [4.78, 5) is 35.5. The molecule has 0 saturated carbocycles. The Hall–Kier alpha value is -3.16. The summed E-state index contributed by atoms with van der Waals surface area (Å²) < 4.78 is 10.4. The van der Waals surface area contributed by atoms with Crippen LogP contribution in [-0.2, 0) is 4.79 Å². The molecule has 0 amide bonds. The first-order valence-corrected chi connectivity index (χ1v) is 6.79. The third-order valence-electron chi connectivity index (χ3n) is 3.19. The maximum atomic E-state index is 12.1. The molecule has 1 aromatic heterocycles. The summed E-state index contributed by atoms with van der Waals surface area (Å²) in [7, 11) is 0. The number of fused-ring (bicyclic) bond motifs is 1. The molecule has 0 saturated heterocycles. The number of aromatic nitrogens is 1. The van der Waals surface area contributed by atoms with Gasteiger partial charge >= 0.3 is 0 Å². The number of carbonyl (C=O) groups is 1. The highest BCUT2D eigenvalue weighted by molar-refractivity contribution is 5.89. The zero-order chi connectivity index (χ0) is 17.0. The molecular formula is C15H14N2O6. The van der Waals surface area contributed by atoms with Gasteiger partial charge in [0.25, 0.3) is 17.7 Å². The summed E-state index contributed by atoms with van der Waals surface area (Å²) in [5, 5.41) is 11.2. The largest absolute Gasteiger partial charge is 0.457 e. The van der Waals surface area contributed by atoms with Crippen molar-refractivity contribution in [2.75, 3.05) is 0 Å². The zero-order valence-corrected chi connectivity index (χ0v) is 12.5. The minimum Gasteiger partial charge on any atom is -0.457 e. The topological polar surface area (TPSA) is 112 Å². The van der Waals surface area contributed by atoms with Crippen molar-refractivity contribution in [2.45, 2.75) is 20.3 Å². The summed E-state index contributed by atoms with van der Waals surface area (Å²) >= 11 is 0. The average Bonchev–Trinajstić information content (AvgIpc) is 2.54. The van der Waals surface area contributed by atoms with Crippen LogP contribution in [0.5, 0.6) is 11.5 Å². The van der Waals surface area contributed by atoms with Crippen molar-refractivity contribution in [2.24, 2.45) is 0 Å². The Kier molecular flexibility index (Phi) is 4.75. The van der Waals surface area contributed by atoms with E-state index in [1.54, 1.807) is 13.0 Å². The molecule has 0 unspecified atom stereocenters. The molecule has 0 spiro atoms. The van der Waals surface area contributed by atoms with Crippen LogP contribution in [0, 0.1) is 10.1 Å². The van der Waals surface area contributed by atoms with Gasteiger partial charge in [-0.05, 0) is 19.1 Å². The van der Waals surface area contributed by atoms with E-state index in [-0.39, 0.29) is 29.2 Å². The Morgan fingerprint density at radius 3 is 2.70 bits per heavy atom. The average molecular weight is 318 g/mol. The highest BCUT2D eigenvalue weighted by atomic mass is 16.6. The fourth-order valence-electron chi connectivity index (χ4n) is 2.07. The van der Waals surface area contributed by atoms with Gasteiger partial charge in [-0.25, -0.2) is 0 Å². The predicted octanol–water partition coefficient (Wildman–Crippen LogP) is 2.66. The van der Waals surface area contributed by atoms with Crippen LogP contribution in [0.15, 0.2) is 34.8 Å². The van der Waals surface area contributed by atoms with Crippen LogP contribution in [0.3, 0.4) is 0 Å². The lowest BCUT2D eigenvalue weighted by Gasteiger charge is -2.13. The summed E-state index contributed by atoms with van der Waals surface area (Å²) in [6, 6.07) is 3.92. The second-order valence-electron chi connectivity index (χ2n) is 4.52. The standard InChI is InChI=1S/C15H14N2O6/c1-3-10(4-2)23-13-11-6-5-9(17(20)21)7-12(11)16-15(19)14(13)22-8-18/h3,5-8H,4H2,1-2H3,(H,16,19). The third kappa shape index (κ3) is 3.20. The maximum Gasteiger partial charge on any atom is 0.298 e. The molecule has 0 aliphatic carbocycles. The molecule has 120 valence electrons. The number of nitro benzene ring substituents is 1. The smallest absolute Gasteiger partial charge is 0.298 e. The molecule has 2 aromatic rings. The van der Waals surface area contributed by atoms with Crippen LogP contribution in [-0.4, -0.2) is 16.4 Å². The van der Waals surface area contributed by atoms with Gasteiger partial charge in [-0.2, -0.15) is 0 Å². The van der Waals surface area contributed by atoms with Gasteiger partial charge in [0.05, 0.1) is 16.2 Å². The first-order chi connectivity index (χ1) is 11.0. The number of pyridine rings is 1. The molecule has 1 heterocycles. The normalized spacial score (nSPS) is 11.3. The number of hydrogen-bond donors (Lipinski definition) is 1. The molecule has 0 bridgehead atoms. The maximum absolute atomic E-state index is 12.1. The molecule has 1 N–H and O–H groups in total. The van der Waals surface area contributed by atoms with Crippen LogP contribution >= 0.6 is 0 Å². The second kappa shape index (κ2) is 6.73. The van der Waals surface area contributed by atoms with Crippen molar-refractivity contribution < 1.29 is 19.2 Å². The van der Waals surface area contributed by atoms with Gasteiger partial charge in [-0.3, -0.25) is 19.7 Å². The summed E-state index contributed by atoms with van der Waals surface area (Å²) in [5.74, 6) is 0.306. The third-order valence-corrected chi connectivity index (χ3v) is 3.19. The number of allylic oxidation sites excluding steroid dienone is 2. The number of aromatic amines is 1. The van der Waals surface area contributed by atoms with Crippen molar-refractivity contribution in [3.63, 3.8) is 0 Å². The van der Waals surface area contributed by atoms with E-state index in [9.17, 15) is 19.7 Å². The molecule has 8 heteroatoms. The Bertz CT molecular complexity index is 853. The minimum atomic E-state index is -0.716. The molecule has 0 aliphatic rings. The summed E-state index contributed by atoms with van der Waals surface area (Å²) in [5.41, 5.74) is -0.680. The van der Waals surface area contributed by atoms with Gasteiger partial charge in [0.15, 0.2) is 5.75 Å². The van der Waals surface area contributed by atoms with Crippen LogP contribution in [0.4, 0.5) is 5.69 Å².